The molecule has 0 unspecified atom stereocenters. The number of hydrogen-bond acceptors (Lipinski definition) is 3. The zero-order valence-corrected chi connectivity index (χ0v) is 14.3. The summed E-state index contributed by atoms with van der Waals surface area (Å²) in [5.41, 5.74) is 1.36. The highest BCUT2D eigenvalue weighted by Gasteiger charge is 2.27. The summed E-state index contributed by atoms with van der Waals surface area (Å²) in [5.74, 6) is -1.10. The predicted octanol–water partition coefficient (Wildman–Crippen LogP) is 3.49. The van der Waals surface area contributed by atoms with E-state index in [9.17, 15) is 13.2 Å². The van der Waals surface area contributed by atoms with E-state index in [0.717, 1.165) is 12.8 Å². The van der Waals surface area contributed by atoms with Gasteiger partial charge in [0, 0.05) is 13.1 Å². The molecule has 24 heavy (non-hydrogen) atoms. The fourth-order valence-corrected chi connectivity index (χ4v) is 4.61. The second-order valence-electron chi connectivity index (χ2n) is 5.64. The first-order valence-electron chi connectivity index (χ1n) is 7.53. The minimum absolute atomic E-state index is 0.0151. The summed E-state index contributed by atoms with van der Waals surface area (Å²) in [6, 6.07) is 11.2. The highest BCUT2D eigenvalue weighted by atomic mass is 35.5. The third kappa shape index (κ3) is 3.17. The minimum Gasteiger partial charge on any atom is -0.478 e. The Morgan fingerprint density at radius 1 is 1.04 bits per heavy atom. The van der Waals surface area contributed by atoms with Gasteiger partial charge in [0.05, 0.1) is 15.5 Å². The van der Waals surface area contributed by atoms with Gasteiger partial charge in [0.1, 0.15) is 0 Å². The molecule has 1 aliphatic rings. The van der Waals surface area contributed by atoms with Crippen LogP contribution in [-0.4, -0.2) is 36.9 Å². The Balaban J connectivity index is 1.99. The summed E-state index contributed by atoms with van der Waals surface area (Å²) < 4.78 is 26.8. The molecule has 1 N–H and O–H groups in total. The predicted molar refractivity (Wildman–Crippen MR) is 91.8 cm³/mol. The van der Waals surface area contributed by atoms with Crippen LogP contribution in [0.5, 0.6) is 0 Å². The molecule has 1 heterocycles. The molecule has 1 fully saturated rings. The molecule has 1 saturated heterocycles. The molecule has 1 aliphatic heterocycles. The summed E-state index contributed by atoms with van der Waals surface area (Å²) in [7, 11) is -3.49. The van der Waals surface area contributed by atoms with Crippen molar-refractivity contribution in [3.05, 3.63) is 53.1 Å². The molecule has 5 nitrogen and oxygen atoms in total. The molecule has 0 radical (unpaired) electrons. The zero-order chi connectivity index (χ0) is 17.3. The average Bonchev–Trinajstić information content (AvgIpc) is 3.10. The van der Waals surface area contributed by atoms with E-state index >= 15 is 0 Å². The van der Waals surface area contributed by atoms with Gasteiger partial charge in [0.15, 0.2) is 0 Å². The van der Waals surface area contributed by atoms with Gasteiger partial charge in [-0.3, -0.25) is 0 Å². The van der Waals surface area contributed by atoms with Crippen LogP contribution in [0.15, 0.2) is 47.4 Å². The summed E-state index contributed by atoms with van der Waals surface area (Å²) in [6.07, 6.45) is 1.76. The van der Waals surface area contributed by atoms with Gasteiger partial charge in [0.25, 0.3) is 0 Å². The monoisotopic (exact) mass is 365 g/mol. The van der Waals surface area contributed by atoms with Crippen molar-refractivity contribution in [2.45, 2.75) is 17.7 Å². The lowest BCUT2D eigenvalue weighted by Gasteiger charge is -2.16. The second-order valence-corrected chi connectivity index (χ2v) is 7.98. The quantitative estimate of drug-likeness (QED) is 0.899. The molecule has 0 amide bonds. The van der Waals surface area contributed by atoms with E-state index in [-0.39, 0.29) is 15.5 Å². The van der Waals surface area contributed by atoms with Gasteiger partial charge >= 0.3 is 5.97 Å². The number of rotatable bonds is 4. The molecule has 2 aromatic carbocycles. The number of nitrogens with zero attached hydrogens (tertiary/aromatic N) is 1. The van der Waals surface area contributed by atoms with E-state index in [0.29, 0.717) is 24.2 Å². The van der Waals surface area contributed by atoms with Gasteiger partial charge in [-0.2, -0.15) is 4.31 Å². The number of carbonyl (C=O) groups is 1. The van der Waals surface area contributed by atoms with Crippen LogP contribution in [0.3, 0.4) is 0 Å². The fourth-order valence-electron chi connectivity index (χ4n) is 2.78. The largest absolute Gasteiger partial charge is 0.478 e. The molecular formula is C17H16ClNO4S. The van der Waals surface area contributed by atoms with Gasteiger partial charge < -0.3 is 5.11 Å². The van der Waals surface area contributed by atoms with Crippen LogP contribution < -0.4 is 0 Å². The molecule has 0 aromatic heterocycles. The van der Waals surface area contributed by atoms with Gasteiger partial charge in [-0.1, -0.05) is 29.8 Å². The molecule has 0 aliphatic carbocycles. The molecule has 2 aromatic rings. The summed E-state index contributed by atoms with van der Waals surface area (Å²) in [4.78, 5) is 11.3. The third-order valence-electron chi connectivity index (χ3n) is 4.07. The number of carboxylic acids is 1. The number of aromatic carboxylic acids is 1. The lowest BCUT2D eigenvalue weighted by molar-refractivity contribution is 0.0697. The maximum Gasteiger partial charge on any atom is 0.337 e. The first-order chi connectivity index (χ1) is 11.4. The molecule has 3 rings (SSSR count). The van der Waals surface area contributed by atoms with Crippen molar-refractivity contribution >= 4 is 27.6 Å². The van der Waals surface area contributed by atoms with Crippen LogP contribution in [0.1, 0.15) is 23.2 Å². The summed E-state index contributed by atoms with van der Waals surface area (Å²) in [6.45, 7) is 1.09. The van der Waals surface area contributed by atoms with E-state index in [4.69, 9.17) is 16.7 Å². The van der Waals surface area contributed by atoms with Crippen LogP contribution in [0.4, 0.5) is 0 Å². The maximum atomic E-state index is 12.7. The van der Waals surface area contributed by atoms with Gasteiger partial charge in [-0.15, -0.1) is 0 Å². The van der Waals surface area contributed by atoms with Crippen LogP contribution in [-0.2, 0) is 10.0 Å². The van der Waals surface area contributed by atoms with Crippen molar-refractivity contribution < 1.29 is 18.3 Å². The Bertz CT molecular complexity index is 889. The van der Waals surface area contributed by atoms with Crippen LogP contribution in [0.25, 0.3) is 11.1 Å². The molecule has 0 saturated carbocycles. The van der Waals surface area contributed by atoms with E-state index in [1.165, 1.54) is 16.4 Å². The van der Waals surface area contributed by atoms with Gasteiger partial charge in [-0.25, -0.2) is 13.2 Å². The Labute approximate surface area is 145 Å². The number of benzene rings is 2. The van der Waals surface area contributed by atoms with Crippen LogP contribution >= 0.6 is 11.6 Å². The Hall–Kier alpha value is -1.89. The Kier molecular flexibility index (Phi) is 4.62. The van der Waals surface area contributed by atoms with Crippen molar-refractivity contribution in [3.63, 3.8) is 0 Å². The third-order valence-corrected chi connectivity index (χ3v) is 6.28. The average molecular weight is 366 g/mol. The van der Waals surface area contributed by atoms with Crippen molar-refractivity contribution in [3.8, 4) is 11.1 Å². The Morgan fingerprint density at radius 2 is 1.71 bits per heavy atom. The van der Waals surface area contributed by atoms with E-state index < -0.39 is 16.0 Å². The van der Waals surface area contributed by atoms with E-state index in [1.807, 2.05) is 0 Å². The summed E-state index contributed by atoms with van der Waals surface area (Å²) >= 11 is 6.00. The van der Waals surface area contributed by atoms with Crippen molar-refractivity contribution in [2.24, 2.45) is 0 Å². The van der Waals surface area contributed by atoms with E-state index in [2.05, 4.69) is 0 Å². The first kappa shape index (κ1) is 17.0. The van der Waals surface area contributed by atoms with Crippen LogP contribution in [0, 0.1) is 0 Å². The molecule has 0 bridgehead atoms. The number of sulfonamides is 1. The smallest absolute Gasteiger partial charge is 0.337 e. The highest BCUT2D eigenvalue weighted by molar-refractivity contribution is 7.89. The fraction of sp³-hybridized carbons (Fsp3) is 0.235. The number of carboxylic acid groups (broad SMARTS) is 1. The molecule has 0 atom stereocenters. The van der Waals surface area contributed by atoms with Crippen molar-refractivity contribution in [1.29, 1.82) is 0 Å². The van der Waals surface area contributed by atoms with Crippen molar-refractivity contribution in [1.82, 2.24) is 4.31 Å². The van der Waals surface area contributed by atoms with Gasteiger partial charge in [-0.05, 0) is 48.2 Å². The van der Waals surface area contributed by atoms with Crippen LogP contribution in [0.2, 0.25) is 5.02 Å². The lowest BCUT2D eigenvalue weighted by atomic mass is 10.0. The standard InChI is InChI=1S/C17H16ClNO4S/c18-16-11-13(6-7-15(16)17(20)21)12-4-3-5-14(10-12)24(22,23)19-8-1-2-9-19/h3-7,10-11H,1-2,8-9H2,(H,20,21). The summed E-state index contributed by atoms with van der Waals surface area (Å²) in [5, 5.41) is 9.15. The first-order valence-corrected chi connectivity index (χ1v) is 9.35. The highest BCUT2D eigenvalue weighted by Crippen LogP contribution is 2.29. The maximum absolute atomic E-state index is 12.7. The molecule has 7 heteroatoms. The molecule has 126 valence electrons. The second kappa shape index (κ2) is 6.55. The molecule has 0 spiro atoms. The lowest BCUT2D eigenvalue weighted by Crippen LogP contribution is -2.27. The van der Waals surface area contributed by atoms with E-state index in [1.54, 1.807) is 30.3 Å². The minimum atomic E-state index is -3.49. The van der Waals surface area contributed by atoms with Crippen molar-refractivity contribution in [2.75, 3.05) is 13.1 Å². The zero-order valence-electron chi connectivity index (χ0n) is 12.8. The van der Waals surface area contributed by atoms with Gasteiger partial charge in [0.2, 0.25) is 10.0 Å². The Morgan fingerprint density at radius 3 is 2.33 bits per heavy atom. The number of halogens is 1. The SMILES string of the molecule is O=C(O)c1ccc(-c2cccc(S(=O)(=O)N3CCCC3)c2)cc1Cl. The normalized spacial score (nSPS) is 15.5. The topological polar surface area (TPSA) is 74.7 Å². The number of hydrogen-bond donors (Lipinski definition) is 1. The molecular weight excluding hydrogens is 350 g/mol.